The molecule has 0 aromatic carbocycles. The zero-order valence-corrected chi connectivity index (χ0v) is 20.0. The minimum absolute atomic E-state index is 0.133. The second-order valence-corrected chi connectivity index (χ2v) is 9.74. The first kappa shape index (κ1) is 22.0. The molecule has 5 rings (SSSR count). The van der Waals surface area contributed by atoms with Gasteiger partial charge in [-0.1, -0.05) is 6.07 Å². The molecule has 0 spiro atoms. The van der Waals surface area contributed by atoms with Crippen LogP contribution in [0.2, 0.25) is 0 Å². The number of likely N-dealkylation sites (tertiary alicyclic amines) is 1. The first-order valence-corrected chi connectivity index (χ1v) is 12.3. The number of aryl methyl sites for hydroxylation is 3. The van der Waals surface area contributed by atoms with E-state index in [0.29, 0.717) is 18.8 Å². The summed E-state index contributed by atoms with van der Waals surface area (Å²) in [5, 5.41) is 8.07. The molecular weight excluding hydrogens is 412 g/mol. The first-order chi connectivity index (χ1) is 16.0. The Hall–Kier alpha value is -2.80. The summed E-state index contributed by atoms with van der Waals surface area (Å²) in [4.78, 5) is 24.2. The van der Waals surface area contributed by atoms with Crippen LogP contribution < -0.4 is 5.32 Å². The lowest BCUT2D eigenvalue weighted by Crippen LogP contribution is -2.26. The summed E-state index contributed by atoms with van der Waals surface area (Å²) in [5.74, 6) is 0.836. The van der Waals surface area contributed by atoms with E-state index < -0.39 is 0 Å². The fourth-order valence-corrected chi connectivity index (χ4v) is 5.00. The Labute approximate surface area is 195 Å². The van der Waals surface area contributed by atoms with E-state index in [2.05, 4.69) is 41.2 Å². The maximum Gasteiger partial charge on any atom is 0.220 e. The van der Waals surface area contributed by atoms with Crippen LogP contribution >= 0.6 is 0 Å². The van der Waals surface area contributed by atoms with Crippen LogP contribution in [0.15, 0.2) is 24.4 Å². The summed E-state index contributed by atoms with van der Waals surface area (Å²) in [6, 6.07) is 6.54. The van der Waals surface area contributed by atoms with Gasteiger partial charge in [-0.2, -0.15) is 5.10 Å². The van der Waals surface area contributed by atoms with Crippen molar-refractivity contribution < 1.29 is 4.79 Å². The first-order valence-electron chi connectivity index (χ1n) is 12.3. The van der Waals surface area contributed by atoms with Gasteiger partial charge in [0.15, 0.2) is 5.65 Å². The van der Waals surface area contributed by atoms with E-state index in [1.54, 1.807) is 0 Å². The third-order valence-electron chi connectivity index (χ3n) is 7.25. The Morgan fingerprint density at radius 2 is 2.06 bits per heavy atom. The van der Waals surface area contributed by atoms with E-state index in [-0.39, 0.29) is 11.9 Å². The van der Waals surface area contributed by atoms with E-state index in [1.165, 1.54) is 18.4 Å². The molecule has 2 aliphatic rings. The number of fused-ring (bicyclic) bond motifs is 1. The lowest BCUT2D eigenvalue weighted by atomic mass is 10.1. The predicted octanol–water partition coefficient (Wildman–Crippen LogP) is 3.85. The van der Waals surface area contributed by atoms with Gasteiger partial charge in [-0.3, -0.25) is 14.7 Å². The molecular formula is C26H34N6O. The van der Waals surface area contributed by atoms with Crippen LogP contribution in [-0.4, -0.2) is 43.5 Å². The van der Waals surface area contributed by atoms with E-state index in [9.17, 15) is 4.79 Å². The second-order valence-electron chi connectivity index (χ2n) is 9.74. The molecule has 1 unspecified atom stereocenters. The van der Waals surface area contributed by atoms with Crippen LogP contribution in [0, 0.1) is 26.7 Å². The van der Waals surface area contributed by atoms with Crippen LogP contribution in [0.25, 0.3) is 5.65 Å². The van der Waals surface area contributed by atoms with E-state index in [0.717, 1.165) is 66.5 Å². The van der Waals surface area contributed by atoms with Crippen LogP contribution in [0.3, 0.4) is 0 Å². The third kappa shape index (κ3) is 4.78. The van der Waals surface area contributed by atoms with Gasteiger partial charge in [-0.25, -0.2) is 9.50 Å². The van der Waals surface area contributed by atoms with Gasteiger partial charge in [-0.05, 0) is 82.5 Å². The molecule has 3 aromatic rings. The summed E-state index contributed by atoms with van der Waals surface area (Å²) < 4.78 is 1.97. The van der Waals surface area contributed by atoms with Gasteiger partial charge in [0.1, 0.15) is 0 Å². The zero-order valence-electron chi connectivity index (χ0n) is 20.0. The number of nitrogens with zero attached hydrogens (tertiary/aromatic N) is 5. The Balaban J connectivity index is 1.33. The highest BCUT2D eigenvalue weighted by molar-refractivity contribution is 5.76. The Kier molecular flexibility index (Phi) is 6.15. The number of hydrogen-bond acceptors (Lipinski definition) is 5. The van der Waals surface area contributed by atoms with Crippen molar-refractivity contribution in [2.24, 2.45) is 5.92 Å². The van der Waals surface area contributed by atoms with Crippen molar-refractivity contribution in [1.82, 2.24) is 29.8 Å². The molecule has 0 bridgehead atoms. The average Bonchev–Trinajstić information content (AvgIpc) is 3.35. The van der Waals surface area contributed by atoms with Gasteiger partial charge < -0.3 is 5.32 Å². The highest BCUT2D eigenvalue weighted by atomic mass is 16.1. The Bertz CT molecular complexity index is 1170. The molecule has 1 aliphatic heterocycles. The monoisotopic (exact) mass is 446 g/mol. The zero-order chi connectivity index (χ0) is 22.9. The number of nitrogens with one attached hydrogen (secondary N) is 1. The van der Waals surface area contributed by atoms with Gasteiger partial charge in [0.05, 0.1) is 17.4 Å². The highest BCUT2D eigenvalue weighted by Gasteiger charge is 2.29. The summed E-state index contributed by atoms with van der Waals surface area (Å²) >= 11 is 0. The molecule has 33 heavy (non-hydrogen) atoms. The molecule has 1 amide bonds. The largest absolute Gasteiger partial charge is 0.356 e. The second kappa shape index (κ2) is 9.21. The number of hydrogen-bond donors (Lipinski definition) is 1. The maximum absolute atomic E-state index is 12.3. The summed E-state index contributed by atoms with van der Waals surface area (Å²) in [6.45, 7) is 9.00. The van der Waals surface area contributed by atoms with E-state index in [1.807, 2.05) is 23.7 Å². The number of carbonyl (C=O) groups is 1. The fraction of sp³-hybridized carbons (Fsp3) is 0.538. The summed E-state index contributed by atoms with van der Waals surface area (Å²) in [7, 11) is 0. The van der Waals surface area contributed by atoms with Crippen molar-refractivity contribution in [3.63, 3.8) is 0 Å². The number of rotatable bonds is 8. The van der Waals surface area contributed by atoms with E-state index >= 15 is 0 Å². The van der Waals surface area contributed by atoms with Crippen molar-refractivity contribution in [2.75, 3.05) is 13.1 Å². The van der Waals surface area contributed by atoms with Gasteiger partial charge in [0, 0.05) is 43.2 Å². The number of aromatic nitrogens is 4. The molecule has 2 fully saturated rings. The number of amides is 1. The fourth-order valence-electron chi connectivity index (χ4n) is 5.00. The topological polar surface area (TPSA) is 75.4 Å². The lowest BCUT2D eigenvalue weighted by molar-refractivity contribution is -0.121. The average molecular weight is 447 g/mol. The molecule has 4 heterocycles. The molecule has 1 aliphatic carbocycles. The van der Waals surface area contributed by atoms with Crippen LogP contribution in [0.4, 0.5) is 0 Å². The van der Waals surface area contributed by atoms with Gasteiger partial charge in [0.2, 0.25) is 5.91 Å². The maximum atomic E-state index is 12.3. The van der Waals surface area contributed by atoms with E-state index in [4.69, 9.17) is 10.1 Å². The van der Waals surface area contributed by atoms with Crippen molar-refractivity contribution in [2.45, 2.75) is 71.9 Å². The minimum atomic E-state index is 0.133. The van der Waals surface area contributed by atoms with Crippen LogP contribution in [0.5, 0.6) is 0 Å². The number of pyridine rings is 1. The standard InChI is InChI=1S/C26H34N6O/c1-17-6-4-12-27-23(17)16-31-13-5-7-24(31)22-14-25-29-18(2)21(19(3)32(25)30-22)10-11-26(33)28-15-20-8-9-20/h4,6,12,14,20,24H,5,7-11,13,15-16H2,1-3H3,(H,28,33). The van der Waals surface area contributed by atoms with Crippen molar-refractivity contribution in [3.8, 4) is 0 Å². The van der Waals surface area contributed by atoms with Crippen LogP contribution in [0.1, 0.15) is 72.0 Å². The van der Waals surface area contributed by atoms with Gasteiger partial charge >= 0.3 is 0 Å². The number of carbonyl (C=O) groups excluding carboxylic acids is 1. The molecule has 174 valence electrons. The van der Waals surface area contributed by atoms with Crippen molar-refractivity contribution in [1.29, 1.82) is 0 Å². The molecule has 1 saturated heterocycles. The summed E-state index contributed by atoms with van der Waals surface area (Å²) in [6.07, 6.45) is 7.83. The summed E-state index contributed by atoms with van der Waals surface area (Å²) in [5.41, 5.74) is 7.56. The van der Waals surface area contributed by atoms with Crippen molar-refractivity contribution >= 4 is 11.6 Å². The predicted molar refractivity (Wildman–Crippen MR) is 128 cm³/mol. The molecule has 3 aromatic heterocycles. The Morgan fingerprint density at radius 3 is 2.85 bits per heavy atom. The third-order valence-corrected chi connectivity index (χ3v) is 7.25. The van der Waals surface area contributed by atoms with Gasteiger partial charge in [0.25, 0.3) is 0 Å². The highest BCUT2D eigenvalue weighted by Crippen LogP contribution is 2.33. The molecule has 0 radical (unpaired) electrons. The lowest BCUT2D eigenvalue weighted by Gasteiger charge is -2.23. The SMILES string of the molecule is Cc1cccnc1CN1CCCC1c1cc2nc(C)c(CCC(=O)NCC3CC3)c(C)n2n1. The smallest absolute Gasteiger partial charge is 0.220 e. The quantitative estimate of drug-likeness (QED) is 0.569. The minimum Gasteiger partial charge on any atom is -0.356 e. The molecule has 7 nitrogen and oxygen atoms in total. The molecule has 1 saturated carbocycles. The Morgan fingerprint density at radius 1 is 1.21 bits per heavy atom. The molecule has 1 N–H and O–H groups in total. The van der Waals surface area contributed by atoms with Gasteiger partial charge in [-0.15, -0.1) is 0 Å². The molecule has 7 heteroatoms. The normalized spacial score (nSPS) is 18.8. The van der Waals surface area contributed by atoms with Crippen LogP contribution in [-0.2, 0) is 17.8 Å². The molecule has 1 atom stereocenters. The van der Waals surface area contributed by atoms with Crippen molar-refractivity contribution in [3.05, 3.63) is 58.3 Å².